The SMILES string of the molecule is CCOC(=O)[C@H]1Oc2c(c(=O)oc3ccccc23)[C@@H]1c1ccc(OCCc2ccccc2)c(OC)c1. The highest BCUT2D eigenvalue weighted by Gasteiger charge is 2.45. The molecular weight excluding hydrogens is 460 g/mol. The van der Waals surface area contributed by atoms with Crippen LogP contribution in [0.4, 0.5) is 0 Å². The molecule has 0 amide bonds. The Morgan fingerprint density at radius 3 is 2.53 bits per heavy atom. The third kappa shape index (κ3) is 4.40. The number of benzene rings is 3. The van der Waals surface area contributed by atoms with Crippen molar-refractivity contribution in [2.24, 2.45) is 0 Å². The maximum Gasteiger partial charge on any atom is 0.348 e. The summed E-state index contributed by atoms with van der Waals surface area (Å²) in [4.78, 5) is 26.0. The van der Waals surface area contributed by atoms with Crippen LogP contribution in [0.2, 0.25) is 0 Å². The number of fused-ring (bicyclic) bond motifs is 3. The van der Waals surface area contributed by atoms with Crippen LogP contribution in [0.25, 0.3) is 11.0 Å². The molecule has 0 bridgehead atoms. The molecule has 0 fully saturated rings. The number of esters is 1. The monoisotopic (exact) mass is 486 g/mol. The van der Waals surface area contributed by atoms with Crippen LogP contribution >= 0.6 is 0 Å². The van der Waals surface area contributed by atoms with Gasteiger partial charge in [-0.15, -0.1) is 0 Å². The molecule has 5 rings (SSSR count). The molecule has 1 aromatic heterocycles. The van der Waals surface area contributed by atoms with Crippen LogP contribution < -0.4 is 19.8 Å². The first kappa shape index (κ1) is 23.5. The molecule has 1 aliphatic rings. The Labute approximate surface area is 208 Å². The lowest BCUT2D eigenvalue weighted by atomic mass is 9.88. The second kappa shape index (κ2) is 10.2. The quantitative estimate of drug-likeness (QED) is 0.259. The van der Waals surface area contributed by atoms with E-state index in [1.807, 2.05) is 42.5 Å². The topological polar surface area (TPSA) is 84.2 Å². The van der Waals surface area contributed by atoms with E-state index in [-0.39, 0.29) is 12.2 Å². The van der Waals surface area contributed by atoms with Crippen molar-refractivity contribution in [2.75, 3.05) is 20.3 Å². The molecule has 0 saturated heterocycles. The van der Waals surface area contributed by atoms with E-state index in [0.29, 0.717) is 40.4 Å². The van der Waals surface area contributed by atoms with Crippen LogP contribution in [0.5, 0.6) is 17.2 Å². The highest BCUT2D eigenvalue weighted by Crippen LogP contribution is 2.46. The Bertz CT molecular complexity index is 1440. The van der Waals surface area contributed by atoms with E-state index in [2.05, 4.69) is 0 Å². The molecule has 2 heterocycles. The van der Waals surface area contributed by atoms with Gasteiger partial charge in [-0.3, -0.25) is 0 Å². The Kier molecular flexibility index (Phi) is 6.62. The van der Waals surface area contributed by atoms with E-state index in [1.165, 1.54) is 5.56 Å². The lowest BCUT2D eigenvalue weighted by Crippen LogP contribution is -2.32. The van der Waals surface area contributed by atoms with Crippen LogP contribution in [0.15, 0.2) is 82.0 Å². The van der Waals surface area contributed by atoms with Gasteiger partial charge in [0, 0.05) is 6.42 Å². The largest absolute Gasteiger partial charge is 0.493 e. The number of hydrogen-bond acceptors (Lipinski definition) is 7. The lowest BCUT2D eigenvalue weighted by molar-refractivity contribution is -0.151. The molecule has 0 spiro atoms. The zero-order valence-corrected chi connectivity index (χ0v) is 20.1. The van der Waals surface area contributed by atoms with E-state index in [9.17, 15) is 9.59 Å². The zero-order chi connectivity index (χ0) is 25.1. The summed E-state index contributed by atoms with van der Waals surface area (Å²) in [6.45, 7) is 2.38. The minimum absolute atomic E-state index is 0.189. The second-order valence-electron chi connectivity index (χ2n) is 8.39. The van der Waals surface area contributed by atoms with Gasteiger partial charge in [0.1, 0.15) is 11.3 Å². The van der Waals surface area contributed by atoms with Gasteiger partial charge in [-0.05, 0) is 42.3 Å². The van der Waals surface area contributed by atoms with Crippen molar-refractivity contribution < 1.29 is 28.2 Å². The second-order valence-corrected chi connectivity index (χ2v) is 8.39. The fourth-order valence-electron chi connectivity index (χ4n) is 4.55. The predicted octanol–water partition coefficient (Wildman–Crippen LogP) is 4.88. The number of ether oxygens (including phenoxy) is 4. The highest BCUT2D eigenvalue weighted by atomic mass is 16.6. The molecule has 0 unspecified atom stereocenters. The Morgan fingerprint density at radius 1 is 0.972 bits per heavy atom. The van der Waals surface area contributed by atoms with Crippen molar-refractivity contribution in [3.8, 4) is 17.2 Å². The highest BCUT2D eigenvalue weighted by molar-refractivity contribution is 5.88. The Morgan fingerprint density at radius 2 is 1.75 bits per heavy atom. The van der Waals surface area contributed by atoms with Crippen molar-refractivity contribution in [3.63, 3.8) is 0 Å². The van der Waals surface area contributed by atoms with E-state index in [1.54, 1.807) is 44.4 Å². The van der Waals surface area contributed by atoms with E-state index >= 15 is 0 Å². The molecule has 4 aromatic rings. The van der Waals surface area contributed by atoms with Crippen LogP contribution in [0.1, 0.15) is 29.5 Å². The van der Waals surface area contributed by atoms with Gasteiger partial charge in [0.05, 0.1) is 37.2 Å². The molecule has 7 nitrogen and oxygen atoms in total. The van der Waals surface area contributed by atoms with Crippen LogP contribution in [-0.4, -0.2) is 32.4 Å². The zero-order valence-electron chi connectivity index (χ0n) is 20.1. The van der Waals surface area contributed by atoms with Crippen LogP contribution in [0, 0.1) is 0 Å². The van der Waals surface area contributed by atoms with E-state index in [4.69, 9.17) is 23.4 Å². The molecule has 184 valence electrons. The van der Waals surface area contributed by atoms with Crippen LogP contribution in [-0.2, 0) is 16.0 Å². The molecule has 3 aromatic carbocycles. The molecule has 2 atom stereocenters. The molecule has 0 saturated carbocycles. The van der Waals surface area contributed by atoms with Gasteiger partial charge in [-0.1, -0.05) is 48.5 Å². The van der Waals surface area contributed by atoms with Gasteiger partial charge in [0.2, 0.25) is 6.10 Å². The first-order chi connectivity index (χ1) is 17.6. The Hall–Kier alpha value is -4.26. The number of carbonyl (C=O) groups is 1. The first-order valence-corrected chi connectivity index (χ1v) is 11.8. The number of methoxy groups -OCH3 is 1. The molecule has 1 aliphatic heterocycles. The summed E-state index contributed by atoms with van der Waals surface area (Å²) < 4.78 is 28.5. The van der Waals surface area contributed by atoms with Gasteiger partial charge in [-0.2, -0.15) is 0 Å². The fourth-order valence-corrected chi connectivity index (χ4v) is 4.55. The summed E-state index contributed by atoms with van der Waals surface area (Å²) in [5.41, 5.74) is 1.95. The lowest BCUT2D eigenvalue weighted by Gasteiger charge is -2.19. The number of carbonyl (C=O) groups excluding carboxylic acids is 1. The van der Waals surface area contributed by atoms with Crippen molar-refractivity contribution >= 4 is 16.9 Å². The summed E-state index contributed by atoms with van der Waals surface area (Å²) in [7, 11) is 1.55. The molecule has 7 heteroatoms. The molecular formula is C29H26O7. The minimum Gasteiger partial charge on any atom is -0.493 e. The summed E-state index contributed by atoms with van der Waals surface area (Å²) in [5, 5.41) is 0.622. The van der Waals surface area contributed by atoms with Crippen LogP contribution in [0.3, 0.4) is 0 Å². The van der Waals surface area contributed by atoms with Gasteiger partial charge in [0.25, 0.3) is 0 Å². The number of hydrogen-bond donors (Lipinski definition) is 0. The van der Waals surface area contributed by atoms with Crippen molar-refractivity contribution in [1.29, 1.82) is 0 Å². The van der Waals surface area contributed by atoms with Crippen molar-refractivity contribution in [1.82, 2.24) is 0 Å². The molecule has 0 N–H and O–H groups in total. The van der Waals surface area contributed by atoms with Gasteiger partial charge < -0.3 is 23.4 Å². The van der Waals surface area contributed by atoms with Gasteiger partial charge in [0.15, 0.2) is 11.5 Å². The van der Waals surface area contributed by atoms with Crippen molar-refractivity contribution in [3.05, 3.63) is 99.9 Å². The van der Waals surface area contributed by atoms with Gasteiger partial charge >= 0.3 is 11.6 Å². The summed E-state index contributed by atoms with van der Waals surface area (Å²) >= 11 is 0. The fraction of sp³-hybridized carbons (Fsp3) is 0.241. The molecule has 0 radical (unpaired) electrons. The summed E-state index contributed by atoms with van der Waals surface area (Å²) in [6.07, 6.45) is -0.294. The summed E-state index contributed by atoms with van der Waals surface area (Å²) in [5.74, 6) is 0.111. The summed E-state index contributed by atoms with van der Waals surface area (Å²) in [6, 6.07) is 22.5. The predicted molar refractivity (Wildman–Crippen MR) is 134 cm³/mol. The standard InChI is InChI=1S/C29H26O7/c1-3-33-29(31)27-24(25-26(36-27)20-11-7-8-12-21(20)35-28(25)30)19-13-14-22(23(17-19)32-2)34-16-15-18-9-5-4-6-10-18/h4-14,17,24,27H,3,15-16H2,1-2H3/t24-,27-/m0/s1. The third-order valence-electron chi connectivity index (χ3n) is 6.21. The maximum absolute atomic E-state index is 13.1. The van der Waals surface area contributed by atoms with Gasteiger partial charge in [-0.25, -0.2) is 9.59 Å². The third-order valence-corrected chi connectivity index (χ3v) is 6.21. The molecule has 0 aliphatic carbocycles. The first-order valence-electron chi connectivity index (χ1n) is 11.8. The average Bonchev–Trinajstić information content (AvgIpc) is 3.31. The normalized spacial score (nSPS) is 16.3. The number of para-hydroxylation sites is 1. The van der Waals surface area contributed by atoms with E-state index < -0.39 is 23.6 Å². The van der Waals surface area contributed by atoms with E-state index in [0.717, 1.165) is 6.42 Å². The molecule has 36 heavy (non-hydrogen) atoms. The number of rotatable bonds is 8. The average molecular weight is 487 g/mol. The maximum atomic E-state index is 13.1. The Balaban J connectivity index is 1.51. The van der Waals surface area contributed by atoms with Crippen molar-refractivity contribution in [2.45, 2.75) is 25.4 Å². The minimum atomic E-state index is -1.04. The smallest absolute Gasteiger partial charge is 0.348 e.